The summed E-state index contributed by atoms with van der Waals surface area (Å²) in [6, 6.07) is 9.61. The van der Waals surface area contributed by atoms with E-state index in [-0.39, 0.29) is 11.4 Å². The summed E-state index contributed by atoms with van der Waals surface area (Å²) in [5.74, 6) is 0.0185. The standard InChI is InChI=1S/C16H21N3O/c1-16(2,3)18-10-8-15(20)19-13-6-7-14-12(11-13)5-4-9-17-14/h4-7,9,11,18H,8,10H2,1-3H3,(H,19,20). The molecule has 0 spiro atoms. The summed E-state index contributed by atoms with van der Waals surface area (Å²) in [6.07, 6.45) is 2.22. The lowest BCUT2D eigenvalue weighted by Gasteiger charge is -2.20. The minimum atomic E-state index is 0.0185. The van der Waals surface area contributed by atoms with Crippen LogP contribution in [0.3, 0.4) is 0 Å². The van der Waals surface area contributed by atoms with E-state index < -0.39 is 0 Å². The summed E-state index contributed by atoms with van der Waals surface area (Å²) in [5, 5.41) is 7.24. The molecule has 0 aliphatic rings. The van der Waals surface area contributed by atoms with Gasteiger partial charge in [-0.15, -0.1) is 0 Å². The van der Waals surface area contributed by atoms with Crippen molar-refractivity contribution in [3.8, 4) is 0 Å². The lowest BCUT2D eigenvalue weighted by molar-refractivity contribution is -0.116. The molecule has 0 radical (unpaired) electrons. The minimum absolute atomic E-state index is 0.0185. The van der Waals surface area contributed by atoms with Gasteiger partial charge in [0, 0.05) is 35.8 Å². The van der Waals surface area contributed by atoms with E-state index in [1.807, 2.05) is 30.3 Å². The molecule has 4 heteroatoms. The van der Waals surface area contributed by atoms with Gasteiger partial charge in [-0.1, -0.05) is 6.07 Å². The molecule has 0 fully saturated rings. The summed E-state index contributed by atoms with van der Waals surface area (Å²) in [4.78, 5) is 16.1. The highest BCUT2D eigenvalue weighted by Crippen LogP contribution is 2.17. The molecular formula is C16H21N3O. The van der Waals surface area contributed by atoms with E-state index in [0.29, 0.717) is 13.0 Å². The number of hydrogen-bond donors (Lipinski definition) is 2. The Bertz CT molecular complexity index is 602. The summed E-state index contributed by atoms with van der Waals surface area (Å²) in [7, 11) is 0. The third kappa shape index (κ3) is 4.31. The molecule has 1 aromatic carbocycles. The molecule has 4 nitrogen and oxygen atoms in total. The average molecular weight is 271 g/mol. The van der Waals surface area contributed by atoms with Crippen molar-refractivity contribution in [1.82, 2.24) is 10.3 Å². The zero-order valence-electron chi connectivity index (χ0n) is 12.2. The van der Waals surface area contributed by atoms with Gasteiger partial charge < -0.3 is 10.6 Å². The van der Waals surface area contributed by atoms with Crippen LogP contribution in [-0.4, -0.2) is 23.0 Å². The summed E-state index contributed by atoms with van der Waals surface area (Å²) in [5.41, 5.74) is 1.78. The lowest BCUT2D eigenvalue weighted by Crippen LogP contribution is -2.37. The van der Waals surface area contributed by atoms with Crippen LogP contribution in [0.2, 0.25) is 0 Å². The van der Waals surface area contributed by atoms with Crippen LogP contribution in [0.4, 0.5) is 5.69 Å². The molecule has 0 bridgehead atoms. The molecule has 0 atom stereocenters. The maximum Gasteiger partial charge on any atom is 0.225 e. The number of rotatable bonds is 4. The first-order chi connectivity index (χ1) is 9.44. The van der Waals surface area contributed by atoms with E-state index in [1.165, 1.54) is 0 Å². The molecule has 1 amide bonds. The Morgan fingerprint density at radius 1 is 1.25 bits per heavy atom. The highest BCUT2D eigenvalue weighted by Gasteiger charge is 2.09. The molecular weight excluding hydrogens is 250 g/mol. The molecule has 20 heavy (non-hydrogen) atoms. The summed E-state index contributed by atoms with van der Waals surface area (Å²) >= 11 is 0. The van der Waals surface area contributed by atoms with Crippen LogP contribution >= 0.6 is 0 Å². The molecule has 0 unspecified atom stereocenters. The van der Waals surface area contributed by atoms with Crippen LogP contribution in [0.5, 0.6) is 0 Å². The second kappa shape index (κ2) is 6.01. The molecule has 2 aromatic rings. The van der Waals surface area contributed by atoms with Crippen molar-refractivity contribution in [3.05, 3.63) is 36.5 Å². The summed E-state index contributed by atoms with van der Waals surface area (Å²) in [6.45, 7) is 6.92. The maximum atomic E-state index is 11.9. The van der Waals surface area contributed by atoms with Crippen LogP contribution in [-0.2, 0) is 4.79 Å². The number of carbonyl (C=O) groups is 1. The second-order valence-electron chi connectivity index (χ2n) is 5.89. The van der Waals surface area contributed by atoms with Crippen molar-refractivity contribution < 1.29 is 4.79 Å². The summed E-state index contributed by atoms with van der Waals surface area (Å²) < 4.78 is 0. The Morgan fingerprint density at radius 3 is 2.80 bits per heavy atom. The van der Waals surface area contributed by atoms with Gasteiger partial charge in [0.05, 0.1) is 5.52 Å². The lowest BCUT2D eigenvalue weighted by atomic mass is 10.1. The first-order valence-electron chi connectivity index (χ1n) is 6.84. The number of carbonyl (C=O) groups excluding carboxylic acids is 1. The van der Waals surface area contributed by atoms with Gasteiger partial charge in [0.1, 0.15) is 0 Å². The highest BCUT2D eigenvalue weighted by atomic mass is 16.1. The van der Waals surface area contributed by atoms with Crippen molar-refractivity contribution >= 4 is 22.5 Å². The van der Waals surface area contributed by atoms with Crippen molar-refractivity contribution in [3.63, 3.8) is 0 Å². The SMILES string of the molecule is CC(C)(C)NCCC(=O)Nc1ccc2ncccc2c1. The fraction of sp³-hybridized carbons (Fsp3) is 0.375. The quantitative estimate of drug-likeness (QED) is 0.899. The number of fused-ring (bicyclic) bond motifs is 1. The molecule has 0 aliphatic heterocycles. The van der Waals surface area contributed by atoms with Gasteiger partial charge in [-0.2, -0.15) is 0 Å². The van der Waals surface area contributed by atoms with Gasteiger partial charge in [0.2, 0.25) is 5.91 Å². The van der Waals surface area contributed by atoms with Crippen molar-refractivity contribution in [2.75, 3.05) is 11.9 Å². The van der Waals surface area contributed by atoms with E-state index in [9.17, 15) is 4.79 Å². The van der Waals surface area contributed by atoms with Gasteiger partial charge in [-0.25, -0.2) is 0 Å². The monoisotopic (exact) mass is 271 g/mol. The number of nitrogens with one attached hydrogen (secondary N) is 2. The number of nitrogens with zero attached hydrogens (tertiary/aromatic N) is 1. The number of amides is 1. The Hall–Kier alpha value is -1.94. The Morgan fingerprint density at radius 2 is 2.05 bits per heavy atom. The topological polar surface area (TPSA) is 54.0 Å². The van der Waals surface area contributed by atoms with E-state index >= 15 is 0 Å². The second-order valence-corrected chi connectivity index (χ2v) is 5.89. The zero-order chi connectivity index (χ0) is 14.6. The number of benzene rings is 1. The average Bonchev–Trinajstić information content (AvgIpc) is 2.37. The van der Waals surface area contributed by atoms with Crippen molar-refractivity contribution in [2.45, 2.75) is 32.7 Å². The number of aromatic nitrogens is 1. The van der Waals surface area contributed by atoms with E-state index in [4.69, 9.17) is 0 Å². The van der Waals surface area contributed by atoms with E-state index in [1.54, 1.807) is 6.20 Å². The molecule has 0 saturated carbocycles. The molecule has 1 aromatic heterocycles. The number of pyridine rings is 1. The Balaban J connectivity index is 1.92. The Kier molecular flexibility index (Phi) is 4.35. The first kappa shape index (κ1) is 14.5. The zero-order valence-corrected chi connectivity index (χ0v) is 12.2. The molecule has 2 rings (SSSR count). The van der Waals surface area contributed by atoms with Gasteiger partial charge in [0.25, 0.3) is 0 Å². The molecule has 106 valence electrons. The van der Waals surface area contributed by atoms with Crippen LogP contribution < -0.4 is 10.6 Å². The maximum absolute atomic E-state index is 11.9. The van der Waals surface area contributed by atoms with Gasteiger partial charge >= 0.3 is 0 Å². The van der Waals surface area contributed by atoms with E-state index in [0.717, 1.165) is 16.6 Å². The molecule has 0 aliphatic carbocycles. The van der Waals surface area contributed by atoms with Crippen LogP contribution in [0.25, 0.3) is 10.9 Å². The van der Waals surface area contributed by atoms with Crippen molar-refractivity contribution in [1.29, 1.82) is 0 Å². The molecule has 0 saturated heterocycles. The first-order valence-corrected chi connectivity index (χ1v) is 6.84. The van der Waals surface area contributed by atoms with Crippen molar-refractivity contribution in [2.24, 2.45) is 0 Å². The van der Waals surface area contributed by atoms with Crippen LogP contribution in [0.15, 0.2) is 36.5 Å². The number of anilines is 1. The largest absolute Gasteiger partial charge is 0.326 e. The fourth-order valence-electron chi connectivity index (χ4n) is 1.93. The Labute approximate surface area is 119 Å². The predicted octanol–water partition coefficient (Wildman–Crippen LogP) is 2.95. The molecule has 1 heterocycles. The smallest absolute Gasteiger partial charge is 0.225 e. The minimum Gasteiger partial charge on any atom is -0.326 e. The molecule has 2 N–H and O–H groups in total. The third-order valence-corrected chi connectivity index (χ3v) is 2.89. The number of hydrogen-bond acceptors (Lipinski definition) is 3. The van der Waals surface area contributed by atoms with Crippen LogP contribution in [0.1, 0.15) is 27.2 Å². The third-order valence-electron chi connectivity index (χ3n) is 2.89. The highest BCUT2D eigenvalue weighted by molar-refractivity contribution is 5.93. The van der Waals surface area contributed by atoms with Crippen LogP contribution in [0, 0.1) is 0 Å². The normalized spacial score (nSPS) is 11.6. The van der Waals surface area contributed by atoms with Gasteiger partial charge in [-0.3, -0.25) is 9.78 Å². The van der Waals surface area contributed by atoms with Gasteiger partial charge in [-0.05, 0) is 45.0 Å². The van der Waals surface area contributed by atoms with E-state index in [2.05, 4.69) is 36.4 Å². The predicted molar refractivity (Wildman–Crippen MR) is 82.7 cm³/mol. The van der Waals surface area contributed by atoms with Gasteiger partial charge in [0.15, 0.2) is 0 Å². The fourth-order valence-corrected chi connectivity index (χ4v) is 1.93.